The fourth-order valence-electron chi connectivity index (χ4n) is 2.36. The van der Waals surface area contributed by atoms with Crippen LogP contribution in [-0.2, 0) is 0 Å². The molecule has 2 N–H and O–H groups in total. The first-order valence-corrected chi connectivity index (χ1v) is 8.79. The summed E-state index contributed by atoms with van der Waals surface area (Å²) in [7, 11) is 0. The Bertz CT molecular complexity index is 1030. The van der Waals surface area contributed by atoms with E-state index in [4.69, 9.17) is 0 Å². The number of carbonyl (C=O) groups excluding carboxylic acids is 1. The van der Waals surface area contributed by atoms with Gasteiger partial charge in [-0.2, -0.15) is 10.1 Å². The minimum Gasteiger partial charge on any atom is -0.298 e. The van der Waals surface area contributed by atoms with Crippen molar-refractivity contribution in [2.75, 3.05) is 5.32 Å². The van der Waals surface area contributed by atoms with E-state index in [1.165, 1.54) is 11.3 Å². The van der Waals surface area contributed by atoms with E-state index < -0.39 is 0 Å². The molecule has 0 aliphatic heterocycles. The van der Waals surface area contributed by atoms with Gasteiger partial charge in [-0.05, 0) is 18.2 Å². The minimum absolute atomic E-state index is 0.196. The first-order valence-electron chi connectivity index (χ1n) is 7.18. The highest BCUT2D eigenvalue weighted by molar-refractivity contribution is 9.10. The van der Waals surface area contributed by atoms with Gasteiger partial charge >= 0.3 is 0 Å². The monoisotopic (exact) mass is 398 g/mol. The first kappa shape index (κ1) is 15.0. The van der Waals surface area contributed by atoms with Crippen molar-refractivity contribution in [3.63, 3.8) is 0 Å². The Kier molecular flexibility index (Phi) is 3.87. The zero-order valence-corrected chi connectivity index (χ0v) is 14.7. The summed E-state index contributed by atoms with van der Waals surface area (Å²) < 4.78 is 1.78. The number of aromatic amines is 1. The van der Waals surface area contributed by atoms with Gasteiger partial charge in [0.25, 0.3) is 5.91 Å². The Hall–Kier alpha value is -2.51. The molecule has 0 spiro atoms. The minimum atomic E-state index is -0.196. The van der Waals surface area contributed by atoms with Crippen molar-refractivity contribution in [2.45, 2.75) is 0 Å². The van der Waals surface area contributed by atoms with Crippen LogP contribution in [0.3, 0.4) is 0 Å². The van der Waals surface area contributed by atoms with Gasteiger partial charge in [0, 0.05) is 15.6 Å². The van der Waals surface area contributed by atoms with Gasteiger partial charge in [-0.25, -0.2) is 0 Å². The van der Waals surface area contributed by atoms with E-state index in [1.54, 1.807) is 12.1 Å². The van der Waals surface area contributed by atoms with Gasteiger partial charge in [-0.3, -0.25) is 15.2 Å². The van der Waals surface area contributed by atoms with E-state index >= 15 is 0 Å². The molecule has 2 aromatic carbocycles. The van der Waals surface area contributed by atoms with Gasteiger partial charge in [0.1, 0.15) is 4.70 Å². The highest BCUT2D eigenvalue weighted by Crippen LogP contribution is 2.33. The number of H-pyrrole nitrogens is 1. The lowest BCUT2D eigenvalue weighted by Crippen LogP contribution is -2.11. The van der Waals surface area contributed by atoms with E-state index in [1.807, 2.05) is 42.5 Å². The van der Waals surface area contributed by atoms with E-state index in [0.717, 1.165) is 20.4 Å². The third-order valence-electron chi connectivity index (χ3n) is 3.48. The van der Waals surface area contributed by atoms with Gasteiger partial charge in [-0.1, -0.05) is 63.7 Å². The van der Waals surface area contributed by atoms with Crippen LogP contribution < -0.4 is 5.32 Å². The van der Waals surface area contributed by atoms with Crippen LogP contribution in [0.15, 0.2) is 59.1 Å². The molecular formula is C17H11BrN4OS. The Balaban J connectivity index is 1.64. The molecule has 0 atom stereocenters. The average molecular weight is 399 g/mol. The molecule has 0 fully saturated rings. The maximum atomic E-state index is 12.3. The number of amides is 1. The van der Waals surface area contributed by atoms with Crippen LogP contribution in [-0.4, -0.2) is 21.1 Å². The summed E-state index contributed by atoms with van der Waals surface area (Å²) in [5, 5.41) is 10.6. The van der Waals surface area contributed by atoms with Gasteiger partial charge in [0.15, 0.2) is 10.8 Å². The molecule has 0 aliphatic carbocycles. The second-order valence-corrected chi connectivity index (χ2v) is 7.02. The lowest BCUT2D eigenvalue weighted by atomic mass is 10.2. The number of rotatable bonds is 3. The van der Waals surface area contributed by atoms with Crippen molar-refractivity contribution in [1.29, 1.82) is 0 Å². The maximum Gasteiger partial charge on any atom is 0.257 e. The summed E-state index contributed by atoms with van der Waals surface area (Å²) in [4.78, 5) is 16.7. The lowest BCUT2D eigenvalue weighted by molar-refractivity contribution is 0.102. The van der Waals surface area contributed by atoms with E-state index in [2.05, 4.69) is 36.4 Å². The lowest BCUT2D eigenvalue weighted by Gasteiger charge is -2.01. The molecule has 0 unspecified atom stereocenters. The van der Waals surface area contributed by atoms with Crippen LogP contribution in [0, 0.1) is 0 Å². The van der Waals surface area contributed by atoms with E-state index in [-0.39, 0.29) is 5.91 Å². The molecule has 24 heavy (non-hydrogen) atoms. The van der Waals surface area contributed by atoms with Crippen LogP contribution in [0.2, 0.25) is 0 Å². The topological polar surface area (TPSA) is 70.7 Å². The Labute approximate surface area is 149 Å². The molecule has 0 bridgehead atoms. The highest BCUT2D eigenvalue weighted by Gasteiger charge is 2.15. The van der Waals surface area contributed by atoms with Crippen LogP contribution in [0.1, 0.15) is 10.4 Å². The number of halogens is 1. The zero-order valence-electron chi connectivity index (χ0n) is 12.3. The van der Waals surface area contributed by atoms with Crippen LogP contribution in [0.5, 0.6) is 0 Å². The van der Waals surface area contributed by atoms with Crippen molar-refractivity contribution >= 4 is 48.7 Å². The number of hydrogen-bond donors (Lipinski definition) is 2. The van der Waals surface area contributed by atoms with Gasteiger partial charge < -0.3 is 0 Å². The molecule has 7 heteroatoms. The maximum absolute atomic E-state index is 12.3. The summed E-state index contributed by atoms with van der Waals surface area (Å²) in [6.07, 6.45) is 0. The number of aromatic nitrogens is 3. The molecule has 2 aromatic heterocycles. The number of fused-ring (bicyclic) bond motifs is 1. The normalized spacial score (nSPS) is 10.9. The summed E-state index contributed by atoms with van der Waals surface area (Å²) in [6.45, 7) is 0. The molecule has 118 valence electrons. The molecule has 0 aliphatic rings. The highest BCUT2D eigenvalue weighted by atomic mass is 79.9. The van der Waals surface area contributed by atoms with Crippen molar-refractivity contribution < 1.29 is 4.79 Å². The Morgan fingerprint density at radius 1 is 1.12 bits per heavy atom. The molecule has 0 radical (unpaired) electrons. The van der Waals surface area contributed by atoms with Crippen LogP contribution in [0.4, 0.5) is 5.13 Å². The zero-order chi connectivity index (χ0) is 16.5. The molecule has 0 saturated carbocycles. The molecule has 5 nitrogen and oxygen atoms in total. The molecular weight excluding hydrogens is 388 g/mol. The fourth-order valence-corrected chi connectivity index (χ4v) is 3.68. The number of hydrogen-bond acceptors (Lipinski definition) is 4. The number of thiazole rings is 1. The third kappa shape index (κ3) is 2.83. The van der Waals surface area contributed by atoms with Crippen LogP contribution in [0.25, 0.3) is 21.6 Å². The molecule has 4 aromatic rings. The van der Waals surface area contributed by atoms with Crippen molar-refractivity contribution in [1.82, 2.24) is 15.2 Å². The SMILES string of the molecule is O=C(Nc1nc2n[nH]c(-c3ccccc3)c2s1)c1cccc(Br)c1. The number of anilines is 1. The van der Waals surface area contributed by atoms with E-state index in [0.29, 0.717) is 16.3 Å². The predicted molar refractivity (Wildman–Crippen MR) is 99.3 cm³/mol. The Morgan fingerprint density at radius 2 is 1.96 bits per heavy atom. The van der Waals surface area contributed by atoms with Crippen molar-refractivity contribution in [2.24, 2.45) is 0 Å². The number of nitrogens with zero attached hydrogens (tertiary/aromatic N) is 2. The van der Waals surface area contributed by atoms with Gasteiger partial charge in [0.2, 0.25) is 0 Å². The molecule has 0 saturated heterocycles. The standard InChI is InChI=1S/C17H11BrN4OS/c18-12-8-4-7-11(9-12)16(23)20-17-19-15-14(24-17)13(21-22-15)10-5-2-1-3-6-10/h1-9H,(H2,19,20,21,22,23). The number of nitrogens with one attached hydrogen (secondary N) is 2. The second kappa shape index (κ2) is 6.18. The Morgan fingerprint density at radius 3 is 2.75 bits per heavy atom. The van der Waals surface area contributed by atoms with E-state index in [9.17, 15) is 4.79 Å². The largest absolute Gasteiger partial charge is 0.298 e. The predicted octanol–water partition coefficient (Wildman–Crippen LogP) is 4.70. The summed E-state index contributed by atoms with van der Waals surface area (Å²) in [6, 6.07) is 17.1. The van der Waals surface area contributed by atoms with Gasteiger partial charge in [-0.15, -0.1) is 0 Å². The average Bonchev–Trinajstić information content (AvgIpc) is 3.15. The van der Waals surface area contributed by atoms with Crippen molar-refractivity contribution in [3.8, 4) is 11.3 Å². The summed E-state index contributed by atoms with van der Waals surface area (Å²) in [5.41, 5.74) is 3.12. The number of benzene rings is 2. The third-order valence-corrected chi connectivity index (χ3v) is 4.95. The van der Waals surface area contributed by atoms with Gasteiger partial charge in [0.05, 0.1) is 5.69 Å². The quantitative estimate of drug-likeness (QED) is 0.525. The molecule has 4 rings (SSSR count). The smallest absolute Gasteiger partial charge is 0.257 e. The van der Waals surface area contributed by atoms with Crippen LogP contribution >= 0.6 is 27.3 Å². The number of carbonyl (C=O) groups is 1. The first-order chi connectivity index (χ1) is 11.7. The summed E-state index contributed by atoms with van der Waals surface area (Å²) in [5.74, 6) is -0.196. The van der Waals surface area contributed by atoms with Crippen molar-refractivity contribution in [3.05, 3.63) is 64.6 Å². The fraction of sp³-hybridized carbons (Fsp3) is 0. The summed E-state index contributed by atoms with van der Waals surface area (Å²) >= 11 is 4.77. The second-order valence-electron chi connectivity index (χ2n) is 5.10. The molecule has 2 heterocycles. The molecule has 1 amide bonds.